The van der Waals surface area contributed by atoms with Crippen LogP contribution in [0.4, 0.5) is 11.5 Å². The Balaban J connectivity index is 1.37. The van der Waals surface area contributed by atoms with Gasteiger partial charge in [-0.05, 0) is 62.9 Å². The first-order chi connectivity index (χ1) is 16.1. The molecule has 0 N–H and O–H groups in total. The monoisotopic (exact) mass is 465 g/mol. The van der Waals surface area contributed by atoms with Gasteiger partial charge in [-0.3, -0.25) is 4.79 Å². The molecular formula is C25H31N5O2S. The van der Waals surface area contributed by atoms with Gasteiger partial charge in [-0.15, -0.1) is 11.3 Å². The molecule has 0 radical (unpaired) electrons. The van der Waals surface area contributed by atoms with E-state index in [-0.39, 0.29) is 5.91 Å². The Morgan fingerprint density at radius 2 is 1.76 bits per heavy atom. The summed E-state index contributed by atoms with van der Waals surface area (Å²) in [5.41, 5.74) is 2.23. The quantitative estimate of drug-likeness (QED) is 0.571. The number of piperidine rings is 1. The van der Waals surface area contributed by atoms with Crippen LogP contribution in [0.5, 0.6) is 5.75 Å². The summed E-state index contributed by atoms with van der Waals surface area (Å²) in [5, 5.41) is 1.04. The molecule has 174 valence electrons. The van der Waals surface area contributed by atoms with Gasteiger partial charge in [0.2, 0.25) is 0 Å². The Hall–Kier alpha value is -2.87. The summed E-state index contributed by atoms with van der Waals surface area (Å²) >= 11 is 1.52. The van der Waals surface area contributed by atoms with Crippen molar-refractivity contribution >= 4 is 39.0 Å². The number of hydrogen-bond donors (Lipinski definition) is 0. The van der Waals surface area contributed by atoms with Gasteiger partial charge in [0.05, 0.1) is 17.4 Å². The first-order valence-electron chi connectivity index (χ1n) is 11.8. The third-order valence-corrected chi connectivity index (χ3v) is 8.17. The molecule has 0 unspecified atom stereocenters. The number of carbonyl (C=O) groups excluding carboxylic acids is 1. The van der Waals surface area contributed by atoms with E-state index in [4.69, 9.17) is 4.74 Å². The number of thiophene rings is 1. The third-order valence-electron chi connectivity index (χ3n) is 6.98. The zero-order chi connectivity index (χ0) is 22.9. The lowest BCUT2D eigenvalue weighted by Gasteiger charge is -2.37. The lowest BCUT2D eigenvalue weighted by atomic mass is 10.0. The van der Waals surface area contributed by atoms with Crippen LogP contribution in [0, 0.1) is 6.92 Å². The molecule has 8 heteroatoms. The molecule has 1 amide bonds. The third kappa shape index (κ3) is 4.12. The fourth-order valence-electron chi connectivity index (χ4n) is 5.00. The standard InChI is InChI=1S/C25H31N5O2S/c1-17-6-4-5-11-30(17)25(31)22-18(2)21-23(26-16-27-24(21)33-22)29-14-12-28(13-15-29)19-7-9-20(32-3)10-8-19/h7-10,16-17H,4-6,11-15H2,1-3H3/t17-/m1/s1. The highest BCUT2D eigenvalue weighted by molar-refractivity contribution is 7.20. The molecule has 33 heavy (non-hydrogen) atoms. The summed E-state index contributed by atoms with van der Waals surface area (Å²) in [7, 11) is 1.69. The molecule has 0 saturated carbocycles. The molecule has 0 spiro atoms. The highest BCUT2D eigenvalue weighted by Crippen LogP contribution is 2.37. The molecule has 2 aliphatic rings. The number of carbonyl (C=O) groups is 1. The minimum Gasteiger partial charge on any atom is -0.497 e. The average Bonchev–Trinajstić information content (AvgIpc) is 3.21. The minimum absolute atomic E-state index is 0.151. The highest BCUT2D eigenvalue weighted by Gasteiger charge is 2.29. The summed E-state index contributed by atoms with van der Waals surface area (Å²) < 4.78 is 5.28. The number of likely N-dealkylation sites (tertiary alicyclic amines) is 1. The van der Waals surface area contributed by atoms with Crippen LogP contribution >= 0.6 is 11.3 Å². The molecule has 5 rings (SSSR count). The van der Waals surface area contributed by atoms with Crippen molar-refractivity contribution in [2.24, 2.45) is 0 Å². The summed E-state index contributed by atoms with van der Waals surface area (Å²) in [6, 6.07) is 8.53. The fourth-order valence-corrected chi connectivity index (χ4v) is 6.10. The lowest BCUT2D eigenvalue weighted by molar-refractivity contribution is 0.0640. The van der Waals surface area contributed by atoms with Gasteiger partial charge in [0, 0.05) is 44.5 Å². The summed E-state index contributed by atoms with van der Waals surface area (Å²) in [4.78, 5) is 31.1. The zero-order valence-electron chi connectivity index (χ0n) is 19.6. The Bertz CT molecular complexity index is 1140. The number of anilines is 2. The van der Waals surface area contributed by atoms with E-state index in [9.17, 15) is 4.79 Å². The number of piperazine rings is 1. The van der Waals surface area contributed by atoms with E-state index in [1.807, 2.05) is 17.0 Å². The molecule has 0 bridgehead atoms. The van der Waals surface area contributed by atoms with Crippen LogP contribution in [0.15, 0.2) is 30.6 Å². The molecule has 1 atom stereocenters. The van der Waals surface area contributed by atoms with E-state index in [0.29, 0.717) is 6.04 Å². The van der Waals surface area contributed by atoms with Gasteiger partial charge in [-0.2, -0.15) is 0 Å². The molecule has 2 aromatic heterocycles. The van der Waals surface area contributed by atoms with Crippen molar-refractivity contribution in [3.05, 3.63) is 41.0 Å². The van der Waals surface area contributed by atoms with E-state index in [1.165, 1.54) is 23.4 Å². The van der Waals surface area contributed by atoms with Crippen molar-refractivity contribution < 1.29 is 9.53 Å². The van der Waals surface area contributed by atoms with Crippen molar-refractivity contribution in [2.75, 3.05) is 49.6 Å². The molecule has 7 nitrogen and oxygen atoms in total. The minimum atomic E-state index is 0.151. The number of benzene rings is 1. The number of aromatic nitrogens is 2. The maximum absolute atomic E-state index is 13.4. The van der Waals surface area contributed by atoms with Gasteiger partial charge in [-0.25, -0.2) is 9.97 Å². The maximum Gasteiger partial charge on any atom is 0.264 e. The van der Waals surface area contributed by atoms with Crippen LogP contribution in [0.25, 0.3) is 10.2 Å². The number of ether oxygens (including phenoxy) is 1. The van der Waals surface area contributed by atoms with Gasteiger partial charge < -0.3 is 19.4 Å². The Morgan fingerprint density at radius 1 is 1.03 bits per heavy atom. The summed E-state index contributed by atoms with van der Waals surface area (Å²) in [6.07, 6.45) is 5.01. The van der Waals surface area contributed by atoms with Crippen LogP contribution in [-0.4, -0.2) is 66.7 Å². The fraction of sp³-hybridized carbons (Fsp3) is 0.480. The number of rotatable bonds is 4. The molecule has 3 aromatic rings. The largest absolute Gasteiger partial charge is 0.497 e. The molecule has 0 aliphatic carbocycles. The molecular weight excluding hydrogens is 434 g/mol. The Morgan fingerprint density at radius 3 is 2.45 bits per heavy atom. The number of nitrogens with zero attached hydrogens (tertiary/aromatic N) is 5. The van der Waals surface area contributed by atoms with Crippen molar-refractivity contribution in [3.63, 3.8) is 0 Å². The van der Waals surface area contributed by atoms with Crippen LogP contribution in [0.3, 0.4) is 0 Å². The van der Waals surface area contributed by atoms with Gasteiger partial charge in [0.15, 0.2) is 0 Å². The van der Waals surface area contributed by atoms with Crippen LogP contribution in [-0.2, 0) is 0 Å². The average molecular weight is 466 g/mol. The number of amides is 1. The Kier molecular flexibility index (Phi) is 6.10. The first-order valence-corrected chi connectivity index (χ1v) is 12.6. The number of fused-ring (bicyclic) bond motifs is 1. The van der Waals surface area contributed by atoms with Gasteiger partial charge >= 0.3 is 0 Å². The smallest absolute Gasteiger partial charge is 0.264 e. The number of methoxy groups -OCH3 is 1. The number of hydrogen-bond acceptors (Lipinski definition) is 7. The highest BCUT2D eigenvalue weighted by atomic mass is 32.1. The predicted molar refractivity (Wildman–Crippen MR) is 134 cm³/mol. The first kappa shape index (κ1) is 21.9. The summed E-state index contributed by atoms with van der Waals surface area (Å²) in [5.74, 6) is 1.98. The van der Waals surface area contributed by atoms with E-state index in [1.54, 1.807) is 13.4 Å². The van der Waals surface area contributed by atoms with Gasteiger partial charge in [0.25, 0.3) is 5.91 Å². The molecule has 2 aliphatic heterocycles. The van der Waals surface area contributed by atoms with E-state index in [2.05, 4.69) is 45.7 Å². The van der Waals surface area contributed by atoms with E-state index < -0.39 is 0 Å². The molecule has 2 saturated heterocycles. The van der Waals surface area contributed by atoms with Crippen LogP contribution in [0.1, 0.15) is 41.4 Å². The normalized spacial score (nSPS) is 19.2. The zero-order valence-corrected chi connectivity index (χ0v) is 20.4. The van der Waals surface area contributed by atoms with Gasteiger partial charge in [-0.1, -0.05) is 0 Å². The van der Waals surface area contributed by atoms with E-state index in [0.717, 1.165) is 77.8 Å². The van der Waals surface area contributed by atoms with Crippen LogP contribution in [0.2, 0.25) is 0 Å². The molecule has 2 fully saturated rings. The van der Waals surface area contributed by atoms with Crippen molar-refractivity contribution in [1.29, 1.82) is 0 Å². The van der Waals surface area contributed by atoms with E-state index >= 15 is 0 Å². The lowest BCUT2D eigenvalue weighted by Crippen LogP contribution is -2.47. The van der Waals surface area contributed by atoms with Crippen LogP contribution < -0.4 is 14.5 Å². The topological polar surface area (TPSA) is 61.8 Å². The van der Waals surface area contributed by atoms with Crippen molar-refractivity contribution in [1.82, 2.24) is 14.9 Å². The molecule has 1 aromatic carbocycles. The van der Waals surface area contributed by atoms with Crippen molar-refractivity contribution in [2.45, 2.75) is 39.2 Å². The molecule has 4 heterocycles. The predicted octanol–water partition coefficient (Wildman–Crippen LogP) is 4.35. The number of aryl methyl sites for hydroxylation is 1. The maximum atomic E-state index is 13.4. The van der Waals surface area contributed by atoms with Gasteiger partial charge in [0.1, 0.15) is 22.7 Å². The summed E-state index contributed by atoms with van der Waals surface area (Å²) in [6.45, 7) is 8.64. The van der Waals surface area contributed by atoms with Crippen molar-refractivity contribution in [3.8, 4) is 5.75 Å². The second kappa shape index (κ2) is 9.17. The SMILES string of the molecule is COc1ccc(N2CCN(c3ncnc4sc(C(=O)N5CCCC[C@H]5C)c(C)c34)CC2)cc1. The second-order valence-corrected chi connectivity index (χ2v) is 9.95. The second-order valence-electron chi connectivity index (χ2n) is 8.95. The Labute approximate surface area is 199 Å².